The molecule has 2 spiro atoms. The van der Waals surface area contributed by atoms with E-state index in [2.05, 4.69) is 31.7 Å². The van der Waals surface area contributed by atoms with Crippen molar-refractivity contribution in [1.82, 2.24) is 4.90 Å². The molecule has 202 valence electrons. The molecule has 0 aromatic heterocycles. The van der Waals surface area contributed by atoms with E-state index in [4.69, 9.17) is 14.2 Å². The summed E-state index contributed by atoms with van der Waals surface area (Å²) >= 11 is 0. The first kappa shape index (κ1) is 24.4. The molecule has 37 heavy (non-hydrogen) atoms. The topological polar surface area (TPSA) is 68.2 Å². The second-order valence-corrected chi connectivity index (χ2v) is 14.4. The minimum atomic E-state index is -0.940. The van der Waals surface area contributed by atoms with Gasteiger partial charge in [-0.25, -0.2) is 0 Å². The Morgan fingerprint density at radius 3 is 2.59 bits per heavy atom. The summed E-state index contributed by atoms with van der Waals surface area (Å²) < 4.78 is 19.4. The number of fused-ring (bicyclic) bond motifs is 2. The lowest BCUT2D eigenvalue weighted by Gasteiger charge is -2.75. The average molecular weight is 510 g/mol. The molecule has 4 bridgehead atoms. The minimum Gasteiger partial charge on any atom is -0.482 e. The molecule has 0 amide bonds. The predicted molar refractivity (Wildman–Crippen MR) is 140 cm³/mol. The summed E-state index contributed by atoms with van der Waals surface area (Å²) in [5.41, 5.74) is 0.582. The van der Waals surface area contributed by atoms with Crippen LogP contribution in [0.5, 0.6) is 11.5 Å². The Kier molecular flexibility index (Phi) is 4.82. The zero-order chi connectivity index (χ0) is 26.2. The third-order valence-electron chi connectivity index (χ3n) is 12.1. The van der Waals surface area contributed by atoms with Crippen LogP contribution < -0.4 is 9.47 Å². The van der Waals surface area contributed by atoms with Crippen molar-refractivity contribution < 1.29 is 24.1 Å². The normalized spacial score (nSPS) is 41.1. The summed E-state index contributed by atoms with van der Waals surface area (Å²) in [4.78, 5) is 14.9. The fourth-order valence-corrected chi connectivity index (χ4v) is 9.81. The Morgan fingerprint density at radius 1 is 1.19 bits per heavy atom. The molecule has 6 nitrogen and oxygen atoms in total. The molecule has 1 N–H and O–H groups in total. The van der Waals surface area contributed by atoms with Crippen molar-refractivity contribution in [3.05, 3.63) is 23.3 Å². The Hall–Kier alpha value is -1.63. The number of benzene rings is 1. The number of hydrogen-bond acceptors (Lipinski definition) is 6. The van der Waals surface area contributed by atoms with E-state index < -0.39 is 11.2 Å². The number of methoxy groups -OCH3 is 1. The number of ether oxygens (including phenoxy) is 3. The molecule has 7 aliphatic rings. The van der Waals surface area contributed by atoms with Crippen molar-refractivity contribution >= 4 is 5.97 Å². The quantitative estimate of drug-likeness (QED) is 0.461. The average Bonchev–Trinajstić information content (AvgIpc) is 3.57. The van der Waals surface area contributed by atoms with Crippen LogP contribution in [0.15, 0.2) is 12.1 Å². The number of likely N-dealkylation sites (tertiary alicyclic amines) is 1. The van der Waals surface area contributed by atoms with Gasteiger partial charge in [0.1, 0.15) is 11.7 Å². The third kappa shape index (κ3) is 2.80. The second-order valence-electron chi connectivity index (χ2n) is 14.4. The first-order valence-electron chi connectivity index (χ1n) is 14.4. The molecule has 6 heteroatoms. The van der Waals surface area contributed by atoms with Crippen LogP contribution in [0.1, 0.15) is 84.3 Å². The molecule has 1 saturated heterocycles. The van der Waals surface area contributed by atoms with Crippen LogP contribution in [0.2, 0.25) is 0 Å². The summed E-state index contributed by atoms with van der Waals surface area (Å²) in [6, 6.07) is 4.56. The summed E-state index contributed by atoms with van der Waals surface area (Å²) in [5, 5.41) is 12.3. The number of nitrogens with zero attached hydrogens (tertiary/aromatic N) is 1. The van der Waals surface area contributed by atoms with E-state index >= 15 is 0 Å². The van der Waals surface area contributed by atoms with Gasteiger partial charge < -0.3 is 19.3 Å². The van der Waals surface area contributed by atoms with Gasteiger partial charge in [0.15, 0.2) is 11.5 Å². The Bertz CT molecular complexity index is 1170. The number of esters is 1. The molecule has 1 aromatic carbocycles. The first-order valence-corrected chi connectivity index (χ1v) is 14.4. The molecular weight excluding hydrogens is 466 g/mol. The zero-order valence-electron chi connectivity index (χ0n) is 23.4. The van der Waals surface area contributed by atoms with E-state index in [1.54, 1.807) is 0 Å². The minimum absolute atomic E-state index is 0.00189. The van der Waals surface area contributed by atoms with Crippen LogP contribution in [-0.4, -0.2) is 59.5 Å². The standard InChI is InChI=1S/C31H43NO5/c1-18(33)36-21-10-9-20-15-23-29-11-12-31(35-6,22(16-29)28(5,34)27(2,3)4)26-30(29,24(20)25(21)37-26)13-14-32(23)17-19-7-8-19/h9-10,19,22-23,26,34H,7-8,11-17H2,1-6H3/t22-,23-,26-,28+,29+,30+,31?/m1/s1. The van der Waals surface area contributed by atoms with E-state index in [1.165, 1.54) is 37.4 Å². The SMILES string of the molecule is COC12CC[C@]3(C[C@@H]1[C@](C)(O)C(C)(C)C)[C@H]1Cc4ccc(OC(C)=O)c5c4[C@@]3(CCN1CC1CC1)[C@H]2O5. The smallest absolute Gasteiger partial charge is 0.308 e. The molecule has 0 radical (unpaired) electrons. The molecule has 8 rings (SSSR count). The van der Waals surface area contributed by atoms with Gasteiger partial charge in [-0.3, -0.25) is 9.69 Å². The summed E-state index contributed by atoms with van der Waals surface area (Å²) in [6.45, 7) is 12.2. The second kappa shape index (κ2) is 7.31. The van der Waals surface area contributed by atoms with Gasteiger partial charge in [0.25, 0.3) is 0 Å². The summed E-state index contributed by atoms with van der Waals surface area (Å²) in [6.07, 6.45) is 7.43. The van der Waals surface area contributed by atoms with Crippen molar-refractivity contribution in [2.75, 3.05) is 20.2 Å². The Balaban J connectivity index is 1.47. The highest BCUT2D eigenvalue weighted by Crippen LogP contribution is 2.78. The highest BCUT2D eigenvalue weighted by Gasteiger charge is 2.82. The van der Waals surface area contributed by atoms with Crippen LogP contribution in [0.4, 0.5) is 0 Å². The largest absolute Gasteiger partial charge is 0.482 e. The van der Waals surface area contributed by atoms with E-state index in [9.17, 15) is 9.90 Å². The van der Waals surface area contributed by atoms with Crippen molar-refractivity contribution in [3.8, 4) is 11.5 Å². The van der Waals surface area contributed by atoms with Crippen molar-refractivity contribution in [2.24, 2.45) is 22.7 Å². The van der Waals surface area contributed by atoms with E-state index in [-0.39, 0.29) is 34.2 Å². The number of carbonyl (C=O) groups is 1. The Labute approximate surface area is 221 Å². The molecular formula is C31H43NO5. The van der Waals surface area contributed by atoms with Gasteiger partial charge in [0.05, 0.1) is 5.60 Å². The number of piperidine rings is 1. The molecule has 4 saturated carbocycles. The first-order chi connectivity index (χ1) is 17.4. The van der Waals surface area contributed by atoms with Gasteiger partial charge in [0, 0.05) is 48.9 Å². The number of aliphatic hydroxyl groups is 1. The van der Waals surface area contributed by atoms with Crippen LogP contribution in [0.25, 0.3) is 0 Å². The maximum absolute atomic E-state index is 12.3. The van der Waals surface area contributed by atoms with Gasteiger partial charge >= 0.3 is 5.97 Å². The highest BCUT2D eigenvalue weighted by molar-refractivity contribution is 5.73. The molecule has 2 aliphatic heterocycles. The van der Waals surface area contributed by atoms with Crippen LogP contribution in [-0.2, 0) is 21.4 Å². The van der Waals surface area contributed by atoms with Gasteiger partial charge in [-0.2, -0.15) is 0 Å². The maximum atomic E-state index is 12.3. The molecule has 7 atom stereocenters. The Morgan fingerprint density at radius 2 is 1.95 bits per heavy atom. The summed E-state index contributed by atoms with van der Waals surface area (Å²) in [7, 11) is 1.82. The van der Waals surface area contributed by atoms with E-state index in [1.807, 2.05) is 20.1 Å². The molecule has 1 unspecified atom stereocenters. The van der Waals surface area contributed by atoms with E-state index in [0.717, 1.165) is 50.3 Å². The third-order valence-corrected chi connectivity index (χ3v) is 12.1. The molecule has 1 aromatic rings. The lowest BCUT2D eigenvalue weighted by atomic mass is 9.33. The van der Waals surface area contributed by atoms with Crippen LogP contribution >= 0.6 is 0 Å². The fourth-order valence-electron chi connectivity index (χ4n) is 9.81. The fraction of sp³-hybridized carbons (Fsp3) is 0.774. The zero-order valence-corrected chi connectivity index (χ0v) is 23.4. The van der Waals surface area contributed by atoms with Crippen molar-refractivity contribution in [2.45, 2.75) is 108 Å². The highest BCUT2D eigenvalue weighted by atomic mass is 16.6. The molecule has 5 aliphatic carbocycles. The number of rotatable bonds is 5. The van der Waals surface area contributed by atoms with E-state index in [0.29, 0.717) is 11.8 Å². The van der Waals surface area contributed by atoms with Gasteiger partial charge in [-0.1, -0.05) is 26.8 Å². The molecule has 5 fully saturated rings. The predicted octanol–water partition coefficient (Wildman–Crippen LogP) is 4.63. The van der Waals surface area contributed by atoms with Crippen molar-refractivity contribution in [3.63, 3.8) is 0 Å². The van der Waals surface area contributed by atoms with Crippen LogP contribution in [0, 0.1) is 22.7 Å². The van der Waals surface area contributed by atoms with Crippen molar-refractivity contribution in [1.29, 1.82) is 0 Å². The van der Waals surface area contributed by atoms with Gasteiger partial charge in [-0.15, -0.1) is 0 Å². The van der Waals surface area contributed by atoms with Gasteiger partial charge in [0.2, 0.25) is 0 Å². The maximum Gasteiger partial charge on any atom is 0.308 e. The monoisotopic (exact) mass is 509 g/mol. The van der Waals surface area contributed by atoms with Gasteiger partial charge in [-0.05, 0) is 81.4 Å². The van der Waals surface area contributed by atoms with Crippen LogP contribution in [0.3, 0.4) is 0 Å². The lowest BCUT2D eigenvalue weighted by Crippen LogP contribution is -2.83. The number of hydrogen-bond donors (Lipinski definition) is 1. The summed E-state index contributed by atoms with van der Waals surface area (Å²) in [5.74, 6) is 1.74. The number of carbonyl (C=O) groups excluding carboxylic acids is 1. The lowest BCUT2D eigenvalue weighted by molar-refractivity contribution is -0.312. The molecule has 2 heterocycles.